The quantitative estimate of drug-likeness (QED) is 0.585. The van der Waals surface area contributed by atoms with Crippen molar-refractivity contribution in [2.75, 3.05) is 48.3 Å². The lowest BCUT2D eigenvalue weighted by Crippen LogP contribution is -2.49. The Morgan fingerprint density at radius 1 is 1.03 bits per heavy atom. The fourth-order valence-electron chi connectivity index (χ4n) is 4.31. The van der Waals surface area contributed by atoms with E-state index in [0.717, 1.165) is 11.3 Å². The van der Waals surface area contributed by atoms with Gasteiger partial charge in [-0.1, -0.05) is 0 Å². The number of hydrogen-bond acceptors (Lipinski definition) is 5. The highest BCUT2D eigenvalue weighted by molar-refractivity contribution is 9.10. The Kier molecular flexibility index (Phi) is 6.76. The molecule has 0 aliphatic carbocycles. The van der Waals surface area contributed by atoms with Gasteiger partial charge in [0.1, 0.15) is 5.82 Å². The van der Waals surface area contributed by atoms with E-state index >= 15 is 0 Å². The zero-order valence-electron chi connectivity index (χ0n) is 18.3. The normalized spacial score (nSPS) is 16.2. The van der Waals surface area contributed by atoms with E-state index in [1.165, 1.54) is 25.1 Å². The molecular weight excluding hydrogens is 513 g/mol. The highest BCUT2D eigenvalue weighted by Crippen LogP contribution is 2.36. The van der Waals surface area contributed by atoms with Gasteiger partial charge in [-0.15, -0.1) is 0 Å². The topological polar surface area (TPSA) is 78.0 Å². The summed E-state index contributed by atoms with van der Waals surface area (Å²) in [7, 11) is -3.73. The van der Waals surface area contributed by atoms with Crippen LogP contribution in [-0.4, -0.2) is 63.6 Å². The molecule has 1 fully saturated rings. The highest BCUT2D eigenvalue weighted by Gasteiger charge is 2.29. The lowest BCUT2D eigenvalue weighted by Gasteiger charge is -2.36. The van der Waals surface area contributed by atoms with Crippen molar-refractivity contribution >= 4 is 49.0 Å². The van der Waals surface area contributed by atoms with Crippen molar-refractivity contribution in [1.82, 2.24) is 4.90 Å². The number of carbonyl (C=O) groups is 2. The van der Waals surface area contributed by atoms with Crippen LogP contribution in [0.5, 0.6) is 0 Å². The van der Waals surface area contributed by atoms with Gasteiger partial charge in [-0.05, 0) is 64.3 Å². The van der Waals surface area contributed by atoms with Gasteiger partial charge in [0, 0.05) is 61.9 Å². The van der Waals surface area contributed by atoms with Crippen molar-refractivity contribution in [1.29, 1.82) is 0 Å². The molecule has 0 saturated carbocycles. The van der Waals surface area contributed by atoms with E-state index in [1.807, 2.05) is 0 Å². The van der Waals surface area contributed by atoms with Gasteiger partial charge in [-0.25, -0.2) is 12.8 Å². The number of rotatable bonds is 5. The predicted molar refractivity (Wildman–Crippen MR) is 128 cm³/mol. The maximum absolute atomic E-state index is 13.1. The molecule has 2 heterocycles. The molecule has 0 spiro atoms. The molecule has 0 bridgehead atoms. The van der Waals surface area contributed by atoms with Crippen LogP contribution in [0, 0.1) is 5.82 Å². The summed E-state index contributed by atoms with van der Waals surface area (Å²) < 4.78 is 39.7. The van der Waals surface area contributed by atoms with Crippen LogP contribution >= 0.6 is 15.9 Å². The largest absolute Gasteiger partial charge is 0.368 e. The van der Waals surface area contributed by atoms with Crippen LogP contribution in [-0.2, 0) is 25.8 Å². The summed E-state index contributed by atoms with van der Waals surface area (Å²) in [4.78, 5) is 30.0. The first-order chi connectivity index (χ1) is 15.7. The monoisotopic (exact) mass is 537 g/mol. The molecule has 4 rings (SSSR count). The maximum Gasteiger partial charge on any atom is 0.223 e. The summed E-state index contributed by atoms with van der Waals surface area (Å²) in [5, 5.41) is 0. The van der Waals surface area contributed by atoms with E-state index in [4.69, 9.17) is 0 Å². The molecule has 2 aromatic carbocycles. The standard InChI is InChI=1S/C23H25BrFN3O4S/c1-16(29)28-8-6-17-14-20(24)22(15-21(17)28)33(31,32)13-7-23(30)27-11-9-26(10-12-27)19-4-2-18(25)3-5-19/h2-5,14-15H,6-13H2,1H3. The Hall–Kier alpha value is -2.46. The average molecular weight is 538 g/mol. The van der Waals surface area contributed by atoms with E-state index in [-0.39, 0.29) is 34.7 Å². The van der Waals surface area contributed by atoms with Crippen LogP contribution in [0.4, 0.5) is 15.8 Å². The molecule has 0 atom stereocenters. The second kappa shape index (κ2) is 9.42. The van der Waals surface area contributed by atoms with E-state index in [2.05, 4.69) is 20.8 Å². The smallest absolute Gasteiger partial charge is 0.223 e. The second-order valence-corrected chi connectivity index (χ2v) is 11.2. The first-order valence-electron chi connectivity index (χ1n) is 10.8. The Bertz CT molecular complexity index is 1180. The Morgan fingerprint density at radius 3 is 2.33 bits per heavy atom. The van der Waals surface area contributed by atoms with Crippen molar-refractivity contribution in [2.45, 2.75) is 24.7 Å². The zero-order valence-corrected chi connectivity index (χ0v) is 20.7. The van der Waals surface area contributed by atoms with E-state index in [1.54, 1.807) is 28.0 Å². The van der Waals surface area contributed by atoms with E-state index in [9.17, 15) is 22.4 Å². The third kappa shape index (κ3) is 5.06. The van der Waals surface area contributed by atoms with Crippen LogP contribution < -0.4 is 9.80 Å². The van der Waals surface area contributed by atoms with Crippen molar-refractivity contribution in [3.63, 3.8) is 0 Å². The van der Waals surface area contributed by atoms with Crippen molar-refractivity contribution in [3.8, 4) is 0 Å². The number of halogens is 2. The first-order valence-corrected chi connectivity index (χ1v) is 13.2. The summed E-state index contributed by atoms with van der Waals surface area (Å²) in [6, 6.07) is 9.52. The van der Waals surface area contributed by atoms with Crippen LogP contribution in [0.25, 0.3) is 0 Å². The van der Waals surface area contributed by atoms with Gasteiger partial charge in [0.25, 0.3) is 0 Å². The fourth-order valence-corrected chi connectivity index (χ4v) is 6.75. The van der Waals surface area contributed by atoms with Gasteiger partial charge >= 0.3 is 0 Å². The number of anilines is 2. The molecule has 7 nitrogen and oxygen atoms in total. The fraction of sp³-hybridized carbons (Fsp3) is 0.391. The SMILES string of the molecule is CC(=O)N1CCc2cc(Br)c(S(=O)(=O)CCC(=O)N3CCN(c4ccc(F)cc4)CC3)cc21. The van der Waals surface area contributed by atoms with Crippen molar-refractivity contribution in [2.24, 2.45) is 0 Å². The molecule has 0 N–H and O–H groups in total. The van der Waals surface area contributed by atoms with Crippen molar-refractivity contribution in [3.05, 3.63) is 52.3 Å². The molecule has 2 aliphatic heterocycles. The van der Waals surface area contributed by atoms with Gasteiger partial charge in [-0.2, -0.15) is 0 Å². The Morgan fingerprint density at radius 2 is 1.70 bits per heavy atom. The van der Waals surface area contributed by atoms with Gasteiger partial charge in [0.2, 0.25) is 11.8 Å². The van der Waals surface area contributed by atoms with Gasteiger partial charge in [-0.3, -0.25) is 9.59 Å². The number of sulfone groups is 1. The summed E-state index contributed by atoms with van der Waals surface area (Å²) >= 11 is 3.35. The zero-order chi connectivity index (χ0) is 23.8. The molecule has 0 unspecified atom stereocenters. The molecule has 0 aromatic heterocycles. The third-order valence-corrected chi connectivity index (χ3v) is 8.82. The van der Waals surface area contributed by atoms with Gasteiger partial charge in [0.05, 0.1) is 10.6 Å². The summed E-state index contributed by atoms with van der Waals surface area (Å²) in [5.41, 5.74) is 2.44. The number of carbonyl (C=O) groups excluding carboxylic acids is 2. The molecule has 176 valence electrons. The molecule has 0 radical (unpaired) electrons. The van der Waals surface area contributed by atoms with Crippen LogP contribution in [0.3, 0.4) is 0 Å². The second-order valence-electron chi connectivity index (χ2n) is 8.25. The van der Waals surface area contributed by atoms with E-state index in [0.29, 0.717) is 49.3 Å². The number of piperazine rings is 1. The molecule has 2 aromatic rings. The Balaban J connectivity index is 1.38. The van der Waals surface area contributed by atoms with Crippen LogP contribution in [0.15, 0.2) is 45.8 Å². The highest BCUT2D eigenvalue weighted by atomic mass is 79.9. The lowest BCUT2D eigenvalue weighted by atomic mass is 10.2. The number of nitrogens with zero attached hydrogens (tertiary/aromatic N) is 3. The first kappa shape index (κ1) is 23.7. The lowest BCUT2D eigenvalue weighted by molar-refractivity contribution is -0.131. The van der Waals surface area contributed by atoms with Gasteiger partial charge in [0.15, 0.2) is 9.84 Å². The molecule has 2 amide bonds. The number of fused-ring (bicyclic) bond motifs is 1. The maximum atomic E-state index is 13.1. The minimum atomic E-state index is -3.73. The number of benzene rings is 2. The summed E-state index contributed by atoms with van der Waals surface area (Å²) in [5.74, 6) is -0.936. The van der Waals surface area contributed by atoms with Crippen LogP contribution in [0.2, 0.25) is 0 Å². The van der Waals surface area contributed by atoms with Crippen molar-refractivity contribution < 1.29 is 22.4 Å². The van der Waals surface area contributed by atoms with Gasteiger partial charge < -0.3 is 14.7 Å². The number of amides is 2. The number of hydrogen-bond donors (Lipinski definition) is 0. The Labute approximate surface area is 201 Å². The predicted octanol–water partition coefficient (Wildman–Crippen LogP) is 3.01. The summed E-state index contributed by atoms with van der Waals surface area (Å²) in [6.07, 6.45) is 0.565. The van der Waals surface area contributed by atoms with Crippen LogP contribution in [0.1, 0.15) is 18.9 Å². The molecular formula is C23H25BrFN3O4S. The molecule has 10 heteroatoms. The third-order valence-electron chi connectivity index (χ3n) is 6.15. The average Bonchev–Trinajstić information content (AvgIpc) is 3.20. The van der Waals surface area contributed by atoms with E-state index < -0.39 is 9.84 Å². The molecule has 1 saturated heterocycles. The molecule has 33 heavy (non-hydrogen) atoms. The molecule has 2 aliphatic rings. The summed E-state index contributed by atoms with van der Waals surface area (Å²) in [6.45, 7) is 4.14. The minimum Gasteiger partial charge on any atom is -0.368 e. The minimum absolute atomic E-state index is 0.100.